The maximum atomic E-state index is 4.21. The fourth-order valence-electron chi connectivity index (χ4n) is 3.03. The van der Waals surface area contributed by atoms with Crippen LogP contribution in [-0.4, -0.2) is 15.8 Å². The molecule has 1 N–H and O–H groups in total. The molecule has 2 atom stereocenters. The van der Waals surface area contributed by atoms with Gasteiger partial charge in [-0.3, -0.25) is 0 Å². The molecule has 100 valence electrons. The summed E-state index contributed by atoms with van der Waals surface area (Å²) in [6.45, 7) is 9.32. The second kappa shape index (κ2) is 6.19. The second-order valence-electron chi connectivity index (χ2n) is 5.69. The Balaban J connectivity index is 1.89. The van der Waals surface area contributed by atoms with Crippen LogP contribution in [0.3, 0.4) is 0 Å². The summed E-state index contributed by atoms with van der Waals surface area (Å²) in [7, 11) is 0. The molecule has 1 aliphatic carbocycles. The minimum absolute atomic E-state index is 0.672. The van der Waals surface area contributed by atoms with Crippen molar-refractivity contribution in [3.63, 3.8) is 0 Å². The molecule has 0 spiro atoms. The Morgan fingerprint density at radius 1 is 1.50 bits per heavy atom. The third-order valence-electron chi connectivity index (χ3n) is 4.09. The summed E-state index contributed by atoms with van der Waals surface area (Å²) in [4.78, 5) is 0. The van der Waals surface area contributed by atoms with E-state index in [1.807, 2.05) is 12.4 Å². The van der Waals surface area contributed by atoms with E-state index in [1.54, 1.807) is 10.9 Å². The van der Waals surface area contributed by atoms with Crippen LogP contribution in [0.2, 0.25) is 0 Å². The third-order valence-corrected chi connectivity index (χ3v) is 4.09. The first-order valence-corrected chi connectivity index (χ1v) is 7.09. The molecule has 0 bridgehead atoms. The van der Waals surface area contributed by atoms with Gasteiger partial charge in [0, 0.05) is 30.5 Å². The molecule has 1 saturated carbocycles. The van der Waals surface area contributed by atoms with Crippen LogP contribution in [0.25, 0.3) is 6.20 Å². The first-order chi connectivity index (χ1) is 8.70. The normalized spacial score (nSPS) is 24.4. The fraction of sp³-hybridized carbons (Fsp3) is 0.667. The zero-order chi connectivity index (χ0) is 13.0. The standard InChI is InChI=1S/C15H25N3/c1-4-18-11-13(10-17-18)9-16-15-8-6-5-7-14(15)12(2)3/h4,10-12,14-16H,1,5-9H2,2-3H3. The van der Waals surface area contributed by atoms with Crippen molar-refractivity contribution in [3.8, 4) is 0 Å². The molecule has 1 heterocycles. The van der Waals surface area contributed by atoms with Crippen LogP contribution in [0.4, 0.5) is 0 Å². The molecule has 3 nitrogen and oxygen atoms in total. The quantitative estimate of drug-likeness (QED) is 0.865. The minimum Gasteiger partial charge on any atom is -0.310 e. The summed E-state index contributed by atoms with van der Waals surface area (Å²) in [6.07, 6.45) is 11.1. The maximum Gasteiger partial charge on any atom is 0.0538 e. The molecule has 2 rings (SSSR count). The van der Waals surface area contributed by atoms with Crippen molar-refractivity contribution < 1.29 is 0 Å². The lowest BCUT2D eigenvalue weighted by Crippen LogP contribution is -2.40. The van der Waals surface area contributed by atoms with Crippen LogP contribution in [0.1, 0.15) is 45.1 Å². The maximum absolute atomic E-state index is 4.21. The van der Waals surface area contributed by atoms with Crippen molar-refractivity contribution in [2.75, 3.05) is 0 Å². The first-order valence-electron chi connectivity index (χ1n) is 7.09. The number of aromatic nitrogens is 2. The van der Waals surface area contributed by atoms with Crippen molar-refractivity contribution >= 4 is 6.20 Å². The summed E-state index contributed by atoms with van der Waals surface area (Å²) in [6, 6.07) is 0.672. The summed E-state index contributed by atoms with van der Waals surface area (Å²) in [5.41, 5.74) is 1.24. The topological polar surface area (TPSA) is 29.9 Å². The summed E-state index contributed by atoms with van der Waals surface area (Å²) < 4.78 is 1.76. The van der Waals surface area contributed by atoms with Crippen LogP contribution in [-0.2, 0) is 6.54 Å². The molecule has 0 aliphatic heterocycles. The van der Waals surface area contributed by atoms with Gasteiger partial charge in [-0.1, -0.05) is 33.3 Å². The largest absolute Gasteiger partial charge is 0.310 e. The van der Waals surface area contributed by atoms with E-state index in [-0.39, 0.29) is 0 Å². The van der Waals surface area contributed by atoms with Gasteiger partial charge in [-0.05, 0) is 24.7 Å². The van der Waals surface area contributed by atoms with E-state index in [0.717, 1.165) is 18.4 Å². The van der Waals surface area contributed by atoms with Gasteiger partial charge in [-0.2, -0.15) is 5.10 Å². The molecule has 1 aromatic heterocycles. The van der Waals surface area contributed by atoms with E-state index < -0.39 is 0 Å². The number of hydrogen-bond donors (Lipinski definition) is 1. The van der Waals surface area contributed by atoms with E-state index in [1.165, 1.54) is 31.2 Å². The molecular weight excluding hydrogens is 222 g/mol. The zero-order valence-electron chi connectivity index (χ0n) is 11.6. The highest BCUT2D eigenvalue weighted by Gasteiger charge is 2.26. The predicted molar refractivity (Wildman–Crippen MR) is 76.0 cm³/mol. The lowest BCUT2D eigenvalue weighted by atomic mass is 9.78. The van der Waals surface area contributed by atoms with E-state index >= 15 is 0 Å². The van der Waals surface area contributed by atoms with Crippen LogP contribution in [0.15, 0.2) is 19.0 Å². The molecule has 0 aromatic carbocycles. The van der Waals surface area contributed by atoms with Crippen molar-refractivity contribution in [1.82, 2.24) is 15.1 Å². The molecule has 1 aromatic rings. The molecule has 3 heteroatoms. The Morgan fingerprint density at radius 2 is 2.28 bits per heavy atom. The molecule has 2 unspecified atom stereocenters. The third kappa shape index (κ3) is 3.22. The molecule has 1 fully saturated rings. The molecule has 0 amide bonds. The van der Waals surface area contributed by atoms with E-state index in [2.05, 4.69) is 30.8 Å². The zero-order valence-corrected chi connectivity index (χ0v) is 11.6. The van der Waals surface area contributed by atoms with Crippen molar-refractivity contribution in [1.29, 1.82) is 0 Å². The highest BCUT2D eigenvalue weighted by atomic mass is 15.2. The van der Waals surface area contributed by atoms with Gasteiger partial charge in [-0.15, -0.1) is 0 Å². The van der Waals surface area contributed by atoms with E-state index in [0.29, 0.717) is 6.04 Å². The highest BCUT2D eigenvalue weighted by Crippen LogP contribution is 2.30. The number of rotatable bonds is 5. The van der Waals surface area contributed by atoms with Gasteiger partial charge < -0.3 is 5.32 Å². The SMILES string of the molecule is C=Cn1cc(CNC2CCCCC2C(C)C)cn1. The van der Waals surface area contributed by atoms with E-state index in [9.17, 15) is 0 Å². The van der Waals surface area contributed by atoms with Crippen LogP contribution < -0.4 is 5.32 Å². The Morgan fingerprint density at radius 3 is 2.94 bits per heavy atom. The molecular formula is C15H25N3. The summed E-state index contributed by atoms with van der Waals surface area (Å²) in [5.74, 6) is 1.60. The Labute approximate surface area is 110 Å². The first kappa shape index (κ1) is 13.3. The number of hydrogen-bond acceptors (Lipinski definition) is 2. The van der Waals surface area contributed by atoms with Gasteiger partial charge >= 0.3 is 0 Å². The molecule has 18 heavy (non-hydrogen) atoms. The number of nitrogens with one attached hydrogen (secondary N) is 1. The minimum atomic E-state index is 0.672. The lowest BCUT2D eigenvalue weighted by molar-refractivity contribution is 0.204. The van der Waals surface area contributed by atoms with Gasteiger partial charge in [0.25, 0.3) is 0 Å². The van der Waals surface area contributed by atoms with Crippen LogP contribution in [0.5, 0.6) is 0 Å². The van der Waals surface area contributed by atoms with Crippen molar-refractivity contribution in [2.24, 2.45) is 11.8 Å². The second-order valence-corrected chi connectivity index (χ2v) is 5.69. The van der Waals surface area contributed by atoms with Crippen molar-refractivity contribution in [2.45, 2.75) is 52.1 Å². The van der Waals surface area contributed by atoms with Gasteiger partial charge in [0.15, 0.2) is 0 Å². The average Bonchev–Trinajstić information content (AvgIpc) is 2.84. The van der Waals surface area contributed by atoms with Gasteiger partial charge in [0.2, 0.25) is 0 Å². The number of nitrogens with zero attached hydrogens (tertiary/aromatic N) is 2. The Hall–Kier alpha value is -1.09. The Bertz CT molecular complexity index is 381. The Kier molecular flexibility index (Phi) is 4.59. The smallest absolute Gasteiger partial charge is 0.0538 e. The molecule has 0 radical (unpaired) electrons. The molecule has 0 saturated heterocycles. The average molecular weight is 247 g/mol. The van der Waals surface area contributed by atoms with Crippen molar-refractivity contribution in [3.05, 3.63) is 24.5 Å². The lowest BCUT2D eigenvalue weighted by Gasteiger charge is -2.35. The van der Waals surface area contributed by atoms with Gasteiger partial charge in [0.1, 0.15) is 0 Å². The highest BCUT2D eigenvalue weighted by molar-refractivity contribution is 5.17. The fourth-order valence-corrected chi connectivity index (χ4v) is 3.03. The van der Waals surface area contributed by atoms with Gasteiger partial charge in [-0.25, -0.2) is 4.68 Å². The van der Waals surface area contributed by atoms with Crippen LogP contribution >= 0.6 is 0 Å². The van der Waals surface area contributed by atoms with Gasteiger partial charge in [0.05, 0.1) is 6.20 Å². The van der Waals surface area contributed by atoms with Crippen LogP contribution in [0, 0.1) is 11.8 Å². The monoisotopic (exact) mass is 247 g/mol. The summed E-state index contributed by atoms with van der Waals surface area (Å²) in [5, 5.41) is 7.93. The summed E-state index contributed by atoms with van der Waals surface area (Å²) >= 11 is 0. The molecule has 1 aliphatic rings. The predicted octanol–water partition coefficient (Wildman–Crippen LogP) is 3.29. The van der Waals surface area contributed by atoms with E-state index in [4.69, 9.17) is 0 Å².